The van der Waals surface area contributed by atoms with E-state index in [0.717, 1.165) is 6.07 Å². The van der Waals surface area contributed by atoms with Crippen molar-refractivity contribution < 1.29 is 23.1 Å². The average molecular weight is 355 g/mol. The van der Waals surface area contributed by atoms with E-state index in [2.05, 4.69) is 5.32 Å². The van der Waals surface area contributed by atoms with Gasteiger partial charge in [0.25, 0.3) is 0 Å². The zero-order valence-electron chi connectivity index (χ0n) is 14.6. The molecular weight excluding hydrogens is 332 g/mol. The van der Waals surface area contributed by atoms with E-state index in [1.807, 2.05) is 19.0 Å². The van der Waals surface area contributed by atoms with Gasteiger partial charge in [-0.1, -0.05) is 0 Å². The van der Waals surface area contributed by atoms with Gasteiger partial charge >= 0.3 is 0 Å². The standard InChI is InChI=1S/C17H23F2N3O3/c1-21(2)6-7-22-10-11(8-15(22)23)17(24)20-9-12-13(18)4-5-14(25-3)16(12)19/h4-5,11H,6-10H2,1-3H3,(H,20,24). The molecule has 0 spiro atoms. The topological polar surface area (TPSA) is 61.9 Å². The lowest BCUT2D eigenvalue weighted by Crippen LogP contribution is -2.35. The van der Waals surface area contributed by atoms with Gasteiger partial charge < -0.3 is 19.9 Å². The number of ether oxygens (including phenoxy) is 1. The molecule has 0 saturated carbocycles. The van der Waals surface area contributed by atoms with Gasteiger partial charge in [0, 0.05) is 38.2 Å². The normalized spacial score (nSPS) is 17.3. The molecule has 6 nitrogen and oxygen atoms in total. The highest BCUT2D eigenvalue weighted by atomic mass is 19.1. The summed E-state index contributed by atoms with van der Waals surface area (Å²) < 4.78 is 32.7. The Bertz CT molecular complexity index is 652. The van der Waals surface area contributed by atoms with Crippen LogP contribution in [-0.4, -0.2) is 62.5 Å². The number of carbonyl (C=O) groups is 2. The van der Waals surface area contributed by atoms with E-state index in [4.69, 9.17) is 4.74 Å². The molecular formula is C17H23F2N3O3. The summed E-state index contributed by atoms with van der Waals surface area (Å²) in [5, 5.41) is 2.52. The van der Waals surface area contributed by atoms with Gasteiger partial charge in [-0.3, -0.25) is 9.59 Å². The molecule has 1 fully saturated rings. The summed E-state index contributed by atoms with van der Waals surface area (Å²) in [6, 6.07) is 2.28. The molecule has 1 unspecified atom stereocenters. The Hall–Kier alpha value is -2.22. The van der Waals surface area contributed by atoms with Gasteiger partial charge in [0.2, 0.25) is 11.8 Å². The number of nitrogens with one attached hydrogen (secondary N) is 1. The van der Waals surface area contributed by atoms with E-state index in [0.29, 0.717) is 19.6 Å². The number of methoxy groups -OCH3 is 1. The maximum Gasteiger partial charge on any atom is 0.225 e. The molecule has 1 heterocycles. The lowest BCUT2D eigenvalue weighted by Gasteiger charge is -2.19. The number of benzene rings is 1. The highest BCUT2D eigenvalue weighted by Gasteiger charge is 2.34. The number of nitrogens with zero attached hydrogens (tertiary/aromatic N) is 2. The number of hydrogen-bond donors (Lipinski definition) is 1. The van der Waals surface area contributed by atoms with Crippen molar-refractivity contribution in [2.45, 2.75) is 13.0 Å². The third-order valence-electron chi connectivity index (χ3n) is 4.21. The maximum atomic E-state index is 14.1. The molecule has 0 aromatic heterocycles. The second-order valence-electron chi connectivity index (χ2n) is 6.30. The molecule has 1 aromatic carbocycles. The summed E-state index contributed by atoms with van der Waals surface area (Å²) in [5.74, 6) is -2.65. The molecule has 0 aliphatic carbocycles. The number of rotatable bonds is 7. The minimum Gasteiger partial charge on any atom is -0.494 e. The molecule has 0 radical (unpaired) electrons. The van der Waals surface area contributed by atoms with E-state index in [1.54, 1.807) is 4.90 Å². The van der Waals surface area contributed by atoms with E-state index in [9.17, 15) is 18.4 Å². The molecule has 2 amide bonds. The minimum atomic E-state index is -0.835. The van der Waals surface area contributed by atoms with Gasteiger partial charge in [0.05, 0.1) is 13.0 Å². The number of amides is 2. The Balaban J connectivity index is 1.94. The van der Waals surface area contributed by atoms with Crippen molar-refractivity contribution in [1.29, 1.82) is 0 Å². The Morgan fingerprint density at radius 2 is 2.12 bits per heavy atom. The number of halogens is 2. The lowest BCUT2D eigenvalue weighted by atomic mass is 10.1. The molecule has 2 rings (SSSR count). The number of likely N-dealkylation sites (tertiary alicyclic amines) is 1. The summed E-state index contributed by atoms with van der Waals surface area (Å²) in [7, 11) is 5.09. The lowest BCUT2D eigenvalue weighted by molar-refractivity contribution is -0.129. The third-order valence-corrected chi connectivity index (χ3v) is 4.21. The van der Waals surface area contributed by atoms with Gasteiger partial charge in [-0.2, -0.15) is 0 Å². The van der Waals surface area contributed by atoms with Crippen LogP contribution in [0.2, 0.25) is 0 Å². The molecule has 1 atom stereocenters. The van der Waals surface area contributed by atoms with Crippen LogP contribution in [0.1, 0.15) is 12.0 Å². The van der Waals surface area contributed by atoms with Crippen LogP contribution in [-0.2, 0) is 16.1 Å². The summed E-state index contributed by atoms with van der Waals surface area (Å²) in [6.07, 6.45) is 0.113. The fraction of sp³-hybridized carbons (Fsp3) is 0.529. The SMILES string of the molecule is COc1ccc(F)c(CNC(=O)C2CC(=O)N(CCN(C)C)C2)c1F. The van der Waals surface area contributed by atoms with Crippen LogP contribution in [0.25, 0.3) is 0 Å². The van der Waals surface area contributed by atoms with Crippen LogP contribution in [0.15, 0.2) is 12.1 Å². The third kappa shape index (κ3) is 4.66. The highest BCUT2D eigenvalue weighted by Crippen LogP contribution is 2.23. The summed E-state index contributed by atoms with van der Waals surface area (Å²) >= 11 is 0. The van der Waals surface area contributed by atoms with Gasteiger partial charge in [-0.25, -0.2) is 8.78 Å². The van der Waals surface area contributed by atoms with Crippen LogP contribution in [0.4, 0.5) is 8.78 Å². The minimum absolute atomic E-state index is 0.0826. The van der Waals surface area contributed by atoms with Crippen LogP contribution in [0.3, 0.4) is 0 Å². The van der Waals surface area contributed by atoms with Crippen LogP contribution in [0, 0.1) is 17.6 Å². The first kappa shape index (κ1) is 19.1. The van der Waals surface area contributed by atoms with Crippen molar-refractivity contribution in [3.8, 4) is 5.75 Å². The Kier molecular flexibility index (Phi) is 6.30. The average Bonchev–Trinajstić information content (AvgIpc) is 2.93. The molecule has 1 saturated heterocycles. The van der Waals surface area contributed by atoms with Crippen LogP contribution in [0.5, 0.6) is 5.75 Å². The van der Waals surface area contributed by atoms with E-state index in [1.165, 1.54) is 13.2 Å². The molecule has 25 heavy (non-hydrogen) atoms. The van der Waals surface area contributed by atoms with Gasteiger partial charge in [-0.05, 0) is 26.2 Å². The number of carbonyl (C=O) groups excluding carboxylic acids is 2. The Morgan fingerprint density at radius 1 is 1.40 bits per heavy atom. The molecule has 138 valence electrons. The summed E-state index contributed by atoms with van der Waals surface area (Å²) in [5.41, 5.74) is -0.263. The van der Waals surface area contributed by atoms with Crippen molar-refractivity contribution in [3.63, 3.8) is 0 Å². The second-order valence-corrected chi connectivity index (χ2v) is 6.30. The summed E-state index contributed by atoms with van der Waals surface area (Å²) in [4.78, 5) is 27.8. The largest absolute Gasteiger partial charge is 0.494 e. The highest BCUT2D eigenvalue weighted by molar-refractivity contribution is 5.89. The number of hydrogen-bond acceptors (Lipinski definition) is 4. The van der Waals surface area contributed by atoms with E-state index < -0.39 is 17.6 Å². The van der Waals surface area contributed by atoms with Gasteiger partial charge in [-0.15, -0.1) is 0 Å². The van der Waals surface area contributed by atoms with E-state index in [-0.39, 0.29) is 36.1 Å². The molecule has 8 heteroatoms. The number of likely N-dealkylation sites (N-methyl/N-ethyl adjacent to an activating group) is 1. The van der Waals surface area contributed by atoms with Crippen molar-refractivity contribution in [2.24, 2.45) is 5.92 Å². The smallest absolute Gasteiger partial charge is 0.225 e. The Morgan fingerprint density at radius 3 is 2.76 bits per heavy atom. The van der Waals surface area contributed by atoms with Gasteiger partial charge in [0.15, 0.2) is 11.6 Å². The van der Waals surface area contributed by atoms with Gasteiger partial charge in [0.1, 0.15) is 5.82 Å². The fourth-order valence-corrected chi connectivity index (χ4v) is 2.70. The maximum absolute atomic E-state index is 14.1. The first-order valence-corrected chi connectivity index (χ1v) is 8.04. The van der Waals surface area contributed by atoms with Crippen molar-refractivity contribution in [1.82, 2.24) is 15.1 Å². The predicted molar refractivity (Wildman–Crippen MR) is 88.0 cm³/mol. The summed E-state index contributed by atoms with van der Waals surface area (Å²) in [6.45, 7) is 1.28. The predicted octanol–water partition coefficient (Wildman–Crippen LogP) is 1.000. The first-order valence-electron chi connectivity index (χ1n) is 8.04. The van der Waals surface area contributed by atoms with Crippen molar-refractivity contribution in [3.05, 3.63) is 29.3 Å². The molecule has 1 aliphatic heterocycles. The molecule has 1 N–H and O–H groups in total. The fourth-order valence-electron chi connectivity index (χ4n) is 2.70. The monoisotopic (exact) mass is 355 g/mol. The van der Waals surface area contributed by atoms with Crippen molar-refractivity contribution in [2.75, 3.05) is 40.8 Å². The molecule has 1 aliphatic rings. The quantitative estimate of drug-likeness (QED) is 0.793. The Labute approximate surface area is 145 Å². The molecule has 0 bridgehead atoms. The molecule has 1 aromatic rings. The van der Waals surface area contributed by atoms with Crippen LogP contribution >= 0.6 is 0 Å². The van der Waals surface area contributed by atoms with Crippen molar-refractivity contribution >= 4 is 11.8 Å². The first-order chi connectivity index (χ1) is 11.8. The second kappa shape index (κ2) is 8.24. The van der Waals surface area contributed by atoms with E-state index >= 15 is 0 Å². The van der Waals surface area contributed by atoms with Crippen LogP contribution < -0.4 is 10.1 Å². The zero-order valence-corrected chi connectivity index (χ0v) is 14.6. The zero-order chi connectivity index (χ0) is 18.6.